The minimum absolute atomic E-state index is 0. The lowest BCUT2D eigenvalue weighted by molar-refractivity contribution is -0.123. The predicted molar refractivity (Wildman–Crippen MR) is 99.4 cm³/mol. The molecule has 136 valence electrons. The Kier molecular flexibility index (Phi) is 8.87. The lowest BCUT2D eigenvalue weighted by atomic mass is 10.1. The van der Waals surface area contributed by atoms with Crippen LogP contribution in [0.25, 0.3) is 0 Å². The first-order valence-corrected chi connectivity index (χ1v) is 9.37. The molecule has 0 saturated heterocycles. The van der Waals surface area contributed by atoms with Crippen LogP contribution in [-0.2, 0) is 4.79 Å². The largest absolute Gasteiger partial charge is 0.490 e. The molecule has 1 amide bonds. The van der Waals surface area contributed by atoms with Crippen LogP contribution in [0.15, 0.2) is 18.2 Å². The zero-order valence-corrected chi connectivity index (χ0v) is 15.7. The molecule has 0 bridgehead atoms. The van der Waals surface area contributed by atoms with E-state index in [-0.39, 0.29) is 30.1 Å². The van der Waals surface area contributed by atoms with E-state index in [1.165, 1.54) is 18.9 Å². The number of halogens is 2. The molecule has 0 aliphatic heterocycles. The van der Waals surface area contributed by atoms with E-state index in [4.69, 9.17) is 10.5 Å². The number of carbonyl (C=O) groups excluding carboxylic acids is 1. The van der Waals surface area contributed by atoms with Gasteiger partial charge in [0.25, 0.3) is 0 Å². The summed E-state index contributed by atoms with van der Waals surface area (Å²) in [5.74, 6) is 1.09. The minimum atomic E-state index is -0.532. The Bertz CT molecular complexity index is 543. The Morgan fingerprint density at radius 3 is 2.79 bits per heavy atom. The maximum absolute atomic E-state index is 14.1. The van der Waals surface area contributed by atoms with Gasteiger partial charge in [0.15, 0.2) is 11.6 Å². The Balaban J connectivity index is 0.00000288. The van der Waals surface area contributed by atoms with Gasteiger partial charge in [0.05, 0.1) is 18.7 Å². The van der Waals surface area contributed by atoms with E-state index in [1.807, 2.05) is 13.2 Å². The molecule has 0 heterocycles. The number of benzene rings is 1. The average molecular weight is 377 g/mol. The number of nitrogens with one attached hydrogen (secondary N) is 1. The van der Waals surface area contributed by atoms with Gasteiger partial charge in [-0.3, -0.25) is 4.79 Å². The van der Waals surface area contributed by atoms with Crippen molar-refractivity contribution in [2.75, 3.05) is 18.6 Å². The average Bonchev–Trinajstić information content (AvgIpc) is 3.35. The van der Waals surface area contributed by atoms with Crippen molar-refractivity contribution < 1.29 is 13.9 Å². The molecule has 24 heavy (non-hydrogen) atoms. The zero-order chi connectivity index (χ0) is 16.8. The van der Waals surface area contributed by atoms with Crippen molar-refractivity contribution >= 4 is 30.1 Å². The molecular weight excluding hydrogens is 351 g/mol. The summed E-state index contributed by atoms with van der Waals surface area (Å²) in [5, 5.41) is 2.83. The van der Waals surface area contributed by atoms with E-state index < -0.39 is 11.9 Å². The summed E-state index contributed by atoms with van der Waals surface area (Å²) in [6, 6.07) is 4.00. The number of thioether (sulfide) groups is 1. The topological polar surface area (TPSA) is 64.4 Å². The maximum Gasteiger partial charge on any atom is 0.237 e. The molecule has 1 unspecified atom stereocenters. The van der Waals surface area contributed by atoms with Crippen molar-refractivity contribution in [2.45, 2.75) is 38.3 Å². The molecule has 1 aromatic rings. The fraction of sp³-hybridized carbons (Fsp3) is 0.588. The second kappa shape index (κ2) is 10.1. The number of hydrogen-bond donors (Lipinski definition) is 2. The summed E-state index contributed by atoms with van der Waals surface area (Å²) in [4.78, 5) is 12.0. The van der Waals surface area contributed by atoms with Crippen LogP contribution in [0, 0.1) is 11.7 Å². The van der Waals surface area contributed by atoms with Gasteiger partial charge < -0.3 is 15.8 Å². The van der Waals surface area contributed by atoms with E-state index >= 15 is 0 Å². The smallest absolute Gasteiger partial charge is 0.237 e. The van der Waals surface area contributed by atoms with Gasteiger partial charge in [0, 0.05) is 0 Å². The van der Waals surface area contributed by atoms with Gasteiger partial charge in [-0.1, -0.05) is 6.07 Å². The normalized spacial score (nSPS) is 16.0. The van der Waals surface area contributed by atoms with Crippen molar-refractivity contribution in [1.82, 2.24) is 5.32 Å². The molecule has 0 aromatic heterocycles. The summed E-state index contributed by atoms with van der Waals surface area (Å²) in [6.07, 6.45) is 4.93. The first-order valence-electron chi connectivity index (χ1n) is 7.98. The first-order chi connectivity index (χ1) is 11.0. The van der Waals surface area contributed by atoms with Gasteiger partial charge in [-0.05, 0) is 61.8 Å². The molecule has 1 aromatic carbocycles. The first kappa shape index (κ1) is 21.1. The van der Waals surface area contributed by atoms with Crippen LogP contribution in [0.1, 0.15) is 37.8 Å². The van der Waals surface area contributed by atoms with Gasteiger partial charge in [0.1, 0.15) is 0 Å². The van der Waals surface area contributed by atoms with E-state index in [0.717, 1.165) is 5.75 Å². The van der Waals surface area contributed by atoms with Crippen molar-refractivity contribution in [3.63, 3.8) is 0 Å². The lowest BCUT2D eigenvalue weighted by Crippen LogP contribution is -2.41. The minimum Gasteiger partial charge on any atom is -0.490 e. The molecule has 7 heteroatoms. The summed E-state index contributed by atoms with van der Waals surface area (Å²) < 4.78 is 19.6. The summed E-state index contributed by atoms with van der Waals surface area (Å²) in [6.45, 7) is 2.39. The van der Waals surface area contributed by atoms with Crippen molar-refractivity contribution in [1.29, 1.82) is 0 Å². The third kappa shape index (κ3) is 6.49. The van der Waals surface area contributed by atoms with Crippen LogP contribution >= 0.6 is 24.2 Å². The van der Waals surface area contributed by atoms with Crippen LogP contribution < -0.4 is 15.8 Å². The van der Waals surface area contributed by atoms with Gasteiger partial charge in [-0.2, -0.15) is 11.8 Å². The molecule has 2 rings (SSSR count). The highest BCUT2D eigenvalue weighted by atomic mass is 35.5. The molecule has 0 spiro atoms. The number of amides is 1. The second-order valence-electron chi connectivity index (χ2n) is 6.06. The molecule has 1 saturated carbocycles. The summed E-state index contributed by atoms with van der Waals surface area (Å²) in [7, 11) is 0. The van der Waals surface area contributed by atoms with Gasteiger partial charge in [0.2, 0.25) is 5.91 Å². The number of ether oxygens (including phenoxy) is 1. The Morgan fingerprint density at radius 2 is 2.21 bits per heavy atom. The van der Waals surface area contributed by atoms with Crippen LogP contribution in [0.3, 0.4) is 0 Å². The number of nitrogens with two attached hydrogens (primary N) is 1. The summed E-state index contributed by atoms with van der Waals surface area (Å²) >= 11 is 1.65. The predicted octanol–water partition coefficient (Wildman–Crippen LogP) is 3.29. The van der Waals surface area contributed by atoms with E-state index in [9.17, 15) is 9.18 Å². The standard InChI is InChI=1S/C17H25FN2O2S.ClH/c1-11(20-17(21)15(19)7-8-23-2)13-5-6-16(14(18)9-13)22-10-12-3-4-12;/h5-6,9,11-12,15H,3-4,7-8,10,19H2,1-2H3,(H,20,21);1H/t11?,15-;/m0./s1. The van der Waals surface area contributed by atoms with Crippen LogP contribution in [0.2, 0.25) is 0 Å². The molecule has 1 aliphatic rings. The van der Waals surface area contributed by atoms with Gasteiger partial charge in [-0.25, -0.2) is 4.39 Å². The molecule has 2 atom stereocenters. The Morgan fingerprint density at radius 1 is 1.50 bits per heavy atom. The maximum atomic E-state index is 14.1. The SMILES string of the molecule is CSCC[C@H](N)C(=O)NC(C)c1ccc(OCC2CC2)c(F)c1.Cl. The highest BCUT2D eigenvalue weighted by Gasteiger charge is 2.23. The van der Waals surface area contributed by atoms with Crippen molar-refractivity contribution in [2.24, 2.45) is 11.7 Å². The monoisotopic (exact) mass is 376 g/mol. The third-order valence-corrected chi connectivity index (χ3v) is 4.60. The number of carbonyl (C=O) groups is 1. The Labute approximate surface area is 153 Å². The zero-order valence-electron chi connectivity index (χ0n) is 14.1. The van der Waals surface area contributed by atoms with Crippen molar-refractivity contribution in [3.05, 3.63) is 29.6 Å². The van der Waals surface area contributed by atoms with E-state index in [1.54, 1.807) is 23.9 Å². The van der Waals surface area contributed by atoms with Crippen LogP contribution in [0.5, 0.6) is 5.75 Å². The van der Waals surface area contributed by atoms with Crippen LogP contribution in [0.4, 0.5) is 4.39 Å². The fourth-order valence-electron chi connectivity index (χ4n) is 2.18. The number of rotatable bonds is 9. The third-order valence-electron chi connectivity index (χ3n) is 3.96. The molecule has 0 radical (unpaired) electrons. The molecule has 1 aliphatic carbocycles. The molecule has 1 fully saturated rings. The quantitative estimate of drug-likeness (QED) is 0.694. The van der Waals surface area contributed by atoms with Gasteiger partial charge in [-0.15, -0.1) is 12.4 Å². The van der Waals surface area contributed by atoms with E-state index in [0.29, 0.717) is 24.5 Å². The van der Waals surface area contributed by atoms with Gasteiger partial charge >= 0.3 is 0 Å². The molecule has 4 nitrogen and oxygen atoms in total. The highest BCUT2D eigenvalue weighted by Crippen LogP contribution is 2.30. The fourth-order valence-corrected chi connectivity index (χ4v) is 2.66. The van der Waals surface area contributed by atoms with Crippen LogP contribution in [-0.4, -0.2) is 30.6 Å². The Hall–Kier alpha value is -0.980. The molecular formula is C17H26ClFN2O2S. The number of hydrogen-bond acceptors (Lipinski definition) is 4. The summed E-state index contributed by atoms with van der Waals surface area (Å²) in [5.41, 5.74) is 6.54. The highest BCUT2D eigenvalue weighted by molar-refractivity contribution is 7.98. The lowest BCUT2D eigenvalue weighted by Gasteiger charge is -2.18. The second-order valence-corrected chi connectivity index (χ2v) is 7.05. The van der Waals surface area contributed by atoms with Crippen molar-refractivity contribution in [3.8, 4) is 5.75 Å². The molecule has 3 N–H and O–H groups in total. The van der Waals surface area contributed by atoms with E-state index in [2.05, 4.69) is 5.32 Å².